The molecule has 0 fully saturated rings. The number of hydrogen-bond acceptors (Lipinski definition) is 3. The van der Waals surface area contributed by atoms with Gasteiger partial charge in [-0.15, -0.1) is 0 Å². The Kier molecular flexibility index (Phi) is 3.53. The van der Waals surface area contributed by atoms with Gasteiger partial charge in [0.25, 0.3) is 5.91 Å². The smallest absolute Gasteiger partial charge is 0.259 e. The molecule has 2 rings (SSSR count). The molecule has 4 nitrogen and oxygen atoms in total. The molecule has 18 heavy (non-hydrogen) atoms. The maximum absolute atomic E-state index is 11.9. The van der Waals surface area contributed by atoms with Gasteiger partial charge in [0.05, 0.1) is 5.56 Å². The highest BCUT2D eigenvalue weighted by atomic mass is 79.9. The lowest BCUT2D eigenvalue weighted by atomic mass is 10.2. The molecule has 0 unspecified atom stereocenters. The Morgan fingerprint density at radius 3 is 2.61 bits per heavy atom. The Bertz CT molecular complexity index is 599. The van der Waals surface area contributed by atoms with E-state index in [4.69, 9.17) is 0 Å². The zero-order valence-corrected chi connectivity index (χ0v) is 10.8. The average molecular weight is 308 g/mol. The fourth-order valence-corrected chi connectivity index (χ4v) is 1.83. The Hall–Kier alpha value is -2.01. The molecule has 0 radical (unpaired) electrons. The minimum atomic E-state index is -0.445. The number of nitrogens with one attached hydrogen (secondary N) is 1. The lowest BCUT2D eigenvalue weighted by Crippen LogP contribution is -2.11. The second-order valence-electron chi connectivity index (χ2n) is 3.67. The van der Waals surface area contributed by atoms with Crippen molar-refractivity contribution in [1.82, 2.24) is 0 Å². The second kappa shape index (κ2) is 5.10. The number of amides is 1. The van der Waals surface area contributed by atoms with Gasteiger partial charge in [-0.2, -0.15) is 0 Å². The molecule has 0 saturated carbocycles. The lowest BCUT2D eigenvalue weighted by Gasteiger charge is -2.07. The van der Waals surface area contributed by atoms with E-state index in [2.05, 4.69) is 21.2 Å². The maximum atomic E-state index is 11.9. The third-order valence-corrected chi connectivity index (χ3v) is 2.80. The van der Waals surface area contributed by atoms with Crippen LogP contribution in [0.3, 0.4) is 0 Å². The van der Waals surface area contributed by atoms with Gasteiger partial charge in [0, 0.05) is 16.2 Å². The minimum absolute atomic E-state index is 0.0614. The summed E-state index contributed by atoms with van der Waals surface area (Å²) in [5, 5.41) is 21.5. The lowest BCUT2D eigenvalue weighted by molar-refractivity contribution is 0.102. The SMILES string of the molecule is O=C(Nc1cccc(O)c1)c1cc(Br)ccc1O. The number of halogens is 1. The molecule has 92 valence electrons. The number of benzene rings is 2. The van der Waals surface area contributed by atoms with Crippen LogP contribution in [0.5, 0.6) is 11.5 Å². The summed E-state index contributed by atoms with van der Waals surface area (Å²) >= 11 is 3.23. The first kappa shape index (κ1) is 12.4. The van der Waals surface area contributed by atoms with E-state index in [9.17, 15) is 15.0 Å². The number of aromatic hydroxyl groups is 2. The Morgan fingerprint density at radius 1 is 1.11 bits per heavy atom. The van der Waals surface area contributed by atoms with Gasteiger partial charge in [-0.3, -0.25) is 4.79 Å². The first-order valence-corrected chi connectivity index (χ1v) is 5.94. The highest BCUT2D eigenvalue weighted by Crippen LogP contribution is 2.23. The van der Waals surface area contributed by atoms with Crippen LogP contribution in [0.25, 0.3) is 0 Å². The van der Waals surface area contributed by atoms with E-state index in [1.165, 1.54) is 24.3 Å². The van der Waals surface area contributed by atoms with Crippen molar-refractivity contribution in [2.45, 2.75) is 0 Å². The first-order valence-electron chi connectivity index (χ1n) is 5.15. The number of anilines is 1. The van der Waals surface area contributed by atoms with Gasteiger partial charge in [0.15, 0.2) is 0 Å². The van der Waals surface area contributed by atoms with Gasteiger partial charge >= 0.3 is 0 Å². The normalized spacial score (nSPS) is 10.1. The molecule has 0 aliphatic heterocycles. The maximum Gasteiger partial charge on any atom is 0.259 e. The molecule has 2 aromatic rings. The molecule has 1 amide bonds. The summed E-state index contributed by atoms with van der Waals surface area (Å²) < 4.78 is 0.696. The van der Waals surface area contributed by atoms with Crippen LogP contribution in [0.2, 0.25) is 0 Å². The monoisotopic (exact) mass is 307 g/mol. The fraction of sp³-hybridized carbons (Fsp3) is 0. The molecule has 2 aromatic carbocycles. The predicted octanol–water partition coefficient (Wildman–Crippen LogP) is 3.11. The molecule has 0 heterocycles. The molecule has 0 bridgehead atoms. The topological polar surface area (TPSA) is 69.6 Å². The van der Waals surface area contributed by atoms with E-state index in [-0.39, 0.29) is 17.1 Å². The summed E-state index contributed by atoms with van der Waals surface area (Å²) in [5.41, 5.74) is 0.618. The van der Waals surface area contributed by atoms with Crippen molar-refractivity contribution < 1.29 is 15.0 Å². The zero-order chi connectivity index (χ0) is 13.1. The van der Waals surface area contributed by atoms with E-state index >= 15 is 0 Å². The summed E-state index contributed by atoms with van der Waals surface area (Å²) in [5.74, 6) is -0.485. The van der Waals surface area contributed by atoms with Crippen molar-refractivity contribution in [3.8, 4) is 11.5 Å². The van der Waals surface area contributed by atoms with Crippen LogP contribution in [0.15, 0.2) is 46.9 Å². The van der Waals surface area contributed by atoms with Crippen molar-refractivity contribution in [2.75, 3.05) is 5.32 Å². The summed E-state index contributed by atoms with van der Waals surface area (Å²) in [6.07, 6.45) is 0. The number of hydrogen-bond donors (Lipinski definition) is 3. The van der Waals surface area contributed by atoms with Crippen LogP contribution in [0.1, 0.15) is 10.4 Å². The molecule has 0 aliphatic carbocycles. The van der Waals surface area contributed by atoms with E-state index in [1.807, 2.05) is 0 Å². The molecular weight excluding hydrogens is 298 g/mol. The average Bonchev–Trinajstić information content (AvgIpc) is 2.32. The number of phenols is 2. The molecule has 3 N–H and O–H groups in total. The van der Waals surface area contributed by atoms with Gasteiger partial charge in [0.2, 0.25) is 0 Å². The predicted molar refractivity (Wildman–Crippen MR) is 71.9 cm³/mol. The van der Waals surface area contributed by atoms with Crippen LogP contribution < -0.4 is 5.32 Å². The molecule has 5 heteroatoms. The number of phenolic OH excluding ortho intramolecular Hbond substituents is 2. The van der Waals surface area contributed by atoms with Gasteiger partial charge in [0.1, 0.15) is 11.5 Å². The summed E-state index contributed by atoms with van der Waals surface area (Å²) in [6, 6.07) is 10.8. The molecule has 0 spiro atoms. The van der Waals surface area contributed by atoms with Crippen molar-refractivity contribution in [2.24, 2.45) is 0 Å². The Labute approximate surface area is 112 Å². The molecule has 0 aromatic heterocycles. The zero-order valence-electron chi connectivity index (χ0n) is 9.22. The standard InChI is InChI=1S/C13H10BrNO3/c14-8-4-5-12(17)11(6-8)13(18)15-9-2-1-3-10(16)7-9/h1-7,16-17H,(H,15,18). The van der Waals surface area contributed by atoms with E-state index < -0.39 is 5.91 Å². The van der Waals surface area contributed by atoms with Gasteiger partial charge < -0.3 is 15.5 Å². The molecule has 0 atom stereocenters. The van der Waals surface area contributed by atoms with Gasteiger partial charge in [-0.1, -0.05) is 22.0 Å². The van der Waals surface area contributed by atoms with Crippen LogP contribution in [0.4, 0.5) is 5.69 Å². The van der Waals surface area contributed by atoms with Crippen LogP contribution in [0, 0.1) is 0 Å². The molecule has 0 saturated heterocycles. The van der Waals surface area contributed by atoms with E-state index in [0.717, 1.165) is 0 Å². The van der Waals surface area contributed by atoms with Crippen molar-refractivity contribution >= 4 is 27.5 Å². The summed E-state index contributed by atoms with van der Waals surface area (Å²) in [4.78, 5) is 11.9. The summed E-state index contributed by atoms with van der Waals surface area (Å²) in [6.45, 7) is 0. The number of carbonyl (C=O) groups is 1. The largest absolute Gasteiger partial charge is 0.508 e. The highest BCUT2D eigenvalue weighted by molar-refractivity contribution is 9.10. The number of rotatable bonds is 2. The van der Waals surface area contributed by atoms with Crippen molar-refractivity contribution in [3.05, 3.63) is 52.5 Å². The first-order chi connectivity index (χ1) is 8.56. The van der Waals surface area contributed by atoms with Crippen LogP contribution in [-0.4, -0.2) is 16.1 Å². The van der Waals surface area contributed by atoms with Crippen LogP contribution in [-0.2, 0) is 0 Å². The Balaban J connectivity index is 2.24. The second-order valence-corrected chi connectivity index (χ2v) is 4.58. The van der Waals surface area contributed by atoms with Crippen molar-refractivity contribution in [1.29, 1.82) is 0 Å². The third kappa shape index (κ3) is 2.81. The highest BCUT2D eigenvalue weighted by Gasteiger charge is 2.11. The van der Waals surface area contributed by atoms with E-state index in [0.29, 0.717) is 10.2 Å². The van der Waals surface area contributed by atoms with E-state index in [1.54, 1.807) is 18.2 Å². The minimum Gasteiger partial charge on any atom is -0.508 e. The quantitative estimate of drug-likeness (QED) is 0.798. The van der Waals surface area contributed by atoms with Crippen LogP contribution >= 0.6 is 15.9 Å². The molecular formula is C13H10BrNO3. The molecule has 0 aliphatic rings. The summed E-state index contributed by atoms with van der Waals surface area (Å²) in [7, 11) is 0. The number of carbonyl (C=O) groups excluding carboxylic acids is 1. The third-order valence-electron chi connectivity index (χ3n) is 2.31. The fourth-order valence-electron chi connectivity index (χ4n) is 1.47. The van der Waals surface area contributed by atoms with Gasteiger partial charge in [-0.05, 0) is 30.3 Å². The van der Waals surface area contributed by atoms with Crippen molar-refractivity contribution in [3.63, 3.8) is 0 Å². The van der Waals surface area contributed by atoms with Gasteiger partial charge in [-0.25, -0.2) is 0 Å². The Morgan fingerprint density at radius 2 is 1.89 bits per heavy atom.